The summed E-state index contributed by atoms with van der Waals surface area (Å²) < 4.78 is 4.64. The van der Waals surface area contributed by atoms with E-state index in [0.717, 1.165) is 22.7 Å². The van der Waals surface area contributed by atoms with Gasteiger partial charge < -0.3 is 14.5 Å². The van der Waals surface area contributed by atoms with Crippen molar-refractivity contribution in [1.82, 2.24) is 9.13 Å². The van der Waals surface area contributed by atoms with E-state index < -0.39 is 0 Å². The van der Waals surface area contributed by atoms with Gasteiger partial charge in [0, 0.05) is 45.3 Å². The van der Waals surface area contributed by atoms with E-state index in [1.54, 1.807) is 0 Å². The molecule has 0 saturated heterocycles. The second-order valence-corrected chi connectivity index (χ2v) is 10.4. The largest absolute Gasteiger partial charge is 0.355 e. The Bertz CT molecular complexity index is 2170. The lowest BCUT2D eigenvalue weighted by atomic mass is 10.0. The minimum absolute atomic E-state index is 1.06. The Hall–Kier alpha value is -5.54. The number of rotatable bonds is 5. The Kier molecular flexibility index (Phi) is 5.46. The van der Waals surface area contributed by atoms with Gasteiger partial charge >= 0.3 is 0 Å². The lowest BCUT2D eigenvalue weighted by Crippen LogP contribution is -1.95. The third-order valence-corrected chi connectivity index (χ3v) is 7.93. The van der Waals surface area contributed by atoms with Crippen LogP contribution in [-0.2, 0) is 0 Å². The number of hydrogen-bond acceptors (Lipinski definition) is 1. The number of nitrogens with zero attached hydrogens (tertiary/aromatic N) is 2. The van der Waals surface area contributed by atoms with Crippen LogP contribution >= 0.6 is 0 Å². The molecule has 0 atom stereocenters. The molecule has 194 valence electrons. The molecule has 1 N–H and O–H groups in total. The number of fused-ring (bicyclic) bond motifs is 4. The van der Waals surface area contributed by atoms with E-state index in [-0.39, 0.29) is 0 Å². The van der Waals surface area contributed by atoms with E-state index in [1.165, 1.54) is 43.8 Å². The summed E-state index contributed by atoms with van der Waals surface area (Å²) in [6, 6.07) is 53.9. The molecule has 3 heteroatoms. The molecule has 0 bridgehead atoms. The number of aromatic nitrogens is 2. The maximum absolute atomic E-state index is 3.73. The third-order valence-electron chi connectivity index (χ3n) is 7.93. The number of nitrogens with one attached hydrogen (secondary N) is 1. The van der Waals surface area contributed by atoms with Gasteiger partial charge in [0.15, 0.2) is 0 Å². The summed E-state index contributed by atoms with van der Waals surface area (Å²) in [5, 5.41) is 7.40. The Labute approximate surface area is 238 Å². The molecular weight excluding hydrogens is 498 g/mol. The molecule has 41 heavy (non-hydrogen) atoms. The van der Waals surface area contributed by atoms with Crippen LogP contribution in [0.4, 0.5) is 11.4 Å². The van der Waals surface area contributed by atoms with Crippen LogP contribution in [-0.4, -0.2) is 9.13 Å². The van der Waals surface area contributed by atoms with Gasteiger partial charge in [0.05, 0.1) is 16.6 Å². The second kappa shape index (κ2) is 9.58. The van der Waals surface area contributed by atoms with E-state index in [2.05, 4.69) is 172 Å². The maximum atomic E-state index is 3.73. The average Bonchev–Trinajstić information content (AvgIpc) is 3.61. The molecule has 0 unspecified atom stereocenters. The zero-order valence-corrected chi connectivity index (χ0v) is 22.4. The molecule has 0 fully saturated rings. The number of benzene rings is 6. The fourth-order valence-electron chi connectivity index (χ4n) is 6.02. The molecule has 0 amide bonds. The lowest BCUT2D eigenvalue weighted by molar-refractivity contribution is 1.13. The topological polar surface area (TPSA) is 21.9 Å². The minimum Gasteiger partial charge on any atom is -0.355 e. The second-order valence-electron chi connectivity index (χ2n) is 10.4. The monoisotopic (exact) mass is 525 g/mol. The van der Waals surface area contributed by atoms with Crippen LogP contribution in [0.3, 0.4) is 0 Å². The molecule has 0 aliphatic carbocycles. The SMILES string of the molecule is c1ccc(-c2ccccc2Nc2ccc3c(c2)c2cc(-n4ccc5ccccc54)ccc2n3-c2ccccc2)cc1. The first-order chi connectivity index (χ1) is 20.3. The molecule has 0 aliphatic heterocycles. The van der Waals surface area contributed by atoms with Gasteiger partial charge in [0.1, 0.15) is 0 Å². The Morgan fingerprint density at radius 3 is 2.00 bits per heavy atom. The van der Waals surface area contributed by atoms with Crippen molar-refractivity contribution in [3.8, 4) is 22.5 Å². The third kappa shape index (κ3) is 3.98. The summed E-state index contributed by atoms with van der Waals surface area (Å²) in [7, 11) is 0. The number of anilines is 2. The molecule has 3 nitrogen and oxygen atoms in total. The fourth-order valence-corrected chi connectivity index (χ4v) is 6.02. The summed E-state index contributed by atoms with van der Waals surface area (Å²) >= 11 is 0. The molecule has 0 spiro atoms. The van der Waals surface area contributed by atoms with Crippen LogP contribution in [0.2, 0.25) is 0 Å². The summed E-state index contributed by atoms with van der Waals surface area (Å²) in [4.78, 5) is 0. The van der Waals surface area contributed by atoms with Gasteiger partial charge in [0.25, 0.3) is 0 Å². The van der Waals surface area contributed by atoms with Crippen LogP contribution in [0.5, 0.6) is 0 Å². The van der Waals surface area contributed by atoms with Gasteiger partial charge in [-0.3, -0.25) is 0 Å². The molecule has 0 radical (unpaired) electrons. The number of para-hydroxylation sites is 3. The quantitative estimate of drug-likeness (QED) is 0.237. The predicted molar refractivity (Wildman–Crippen MR) is 173 cm³/mol. The molecule has 6 aromatic carbocycles. The fraction of sp³-hybridized carbons (Fsp3) is 0. The minimum atomic E-state index is 1.06. The Morgan fingerprint density at radius 2 is 1.15 bits per heavy atom. The standard InChI is InChI=1S/C38H27N3/c1-3-11-27(12-4-1)32-16-8-9-17-35(32)39-29-19-21-37-33(25-29)34-26-31(40-24-23-28-13-7-10-18-36(28)40)20-22-38(34)41(37)30-14-5-2-6-15-30/h1-26,39H. The van der Waals surface area contributed by atoms with Crippen molar-refractivity contribution in [2.75, 3.05) is 5.32 Å². The highest BCUT2D eigenvalue weighted by Crippen LogP contribution is 2.37. The van der Waals surface area contributed by atoms with Crippen molar-refractivity contribution in [2.45, 2.75) is 0 Å². The molecule has 2 heterocycles. The van der Waals surface area contributed by atoms with Crippen molar-refractivity contribution in [3.63, 3.8) is 0 Å². The molecule has 8 rings (SSSR count). The lowest BCUT2D eigenvalue weighted by Gasteiger charge is -2.13. The Balaban J connectivity index is 1.32. The van der Waals surface area contributed by atoms with Crippen LogP contribution < -0.4 is 5.32 Å². The normalized spacial score (nSPS) is 11.4. The van der Waals surface area contributed by atoms with E-state index >= 15 is 0 Å². The first-order valence-corrected chi connectivity index (χ1v) is 14.0. The van der Waals surface area contributed by atoms with Crippen molar-refractivity contribution < 1.29 is 0 Å². The van der Waals surface area contributed by atoms with Crippen molar-refractivity contribution in [3.05, 3.63) is 158 Å². The number of hydrogen-bond donors (Lipinski definition) is 1. The van der Waals surface area contributed by atoms with E-state index in [0.29, 0.717) is 0 Å². The first kappa shape index (κ1) is 23.4. The summed E-state index contributed by atoms with van der Waals surface area (Å²) in [6.45, 7) is 0. The summed E-state index contributed by atoms with van der Waals surface area (Å²) in [5.74, 6) is 0. The van der Waals surface area contributed by atoms with E-state index in [1.807, 2.05) is 0 Å². The molecule has 0 aliphatic rings. The van der Waals surface area contributed by atoms with E-state index in [9.17, 15) is 0 Å². The summed E-state index contributed by atoms with van der Waals surface area (Å²) in [5.41, 5.74) is 10.4. The smallest absolute Gasteiger partial charge is 0.0542 e. The molecular formula is C38H27N3. The highest BCUT2D eigenvalue weighted by atomic mass is 15.0. The Morgan fingerprint density at radius 1 is 0.463 bits per heavy atom. The van der Waals surface area contributed by atoms with Crippen LogP contribution in [0.25, 0.3) is 55.2 Å². The predicted octanol–water partition coefficient (Wildman–Crippen LogP) is 10.1. The van der Waals surface area contributed by atoms with Gasteiger partial charge in [-0.05, 0) is 77.7 Å². The van der Waals surface area contributed by atoms with Gasteiger partial charge in [-0.15, -0.1) is 0 Å². The van der Waals surface area contributed by atoms with Gasteiger partial charge in [0.2, 0.25) is 0 Å². The van der Waals surface area contributed by atoms with Gasteiger partial charge in [-0.25, -0.2) is 0 Å². The van der Waals surface area contributed by atoms with E-state index in [4.69, 9.17) is 0 Å². The van der Waals surface area contributed by atoms with Crippen LogP contribution in [0.15, 0.2) is 158 Å². The molecule has 8 aromatic rings. The van der Waals surface area contributed by atoms with Gasteiger partial charge in [-0.2, -0.15) is 0 Å². The zero-order valence-electron chi connectivity index (χ0n) is 22.4. The van der Waals surface area contributed by atoms with Crippen molar-refractivity contribution in [2.24, 2.45) is 0 Å². The molecule has 2 aromatic heterocycles. The maximum Gasteiger partial charge on any atom is 0.0542 e. The van der Waals surface area contributed by atoms with Crippen molar-refractivity contribution in [1.29, 1.82) is 0 Å². The first-order valence-electron chi connectivity index (χ1n) is 14.0. The summed E-state index contributed by atoms with van der Waals surface area (Å²) in [6.07, 6.45) is 2.16. The van der Waals surface area contributed by atoms with Crippen LogP contribution in [0.1, 0.15) is 0 Å². The average molecular weight is 526 g/mol. The van der Waals surface area contributed by atoms with Gasteiger partial charge in [-0.1, -0.05) is 84.9 Å². The molecule has 0 saturated carbocycles. The highest BCUT2D eigenvalue weighted by molar-refractivity contribution is 6.11. The van der Waals surface area contributed by atoms with Crippen LogP contribution in [0, 0.1) is 0 Å². The highest BCUT2D eigenvalue weighted by Gasteiger charge is 2.15. The van der Waals surface area contributed by atoms with Crippen molar-refractivity contribution >= 4 is 44.1 Å². The zero-order chi connectivity index (χ0) is 27.2.